The van der Waals surface area contributed by atoms with Crippen molar-refractivity contribution in [2.24, 2.45) is 0 Å². The number of carbonyl (C=O) groups is 1. The lowest BCUT2D eigenvalue weighted by atomic mass is 10.0. The first-order valence-electron chi connectivity index (χ1n) is 10.7. The highest BCUT2D eigenvalue weighted by molar-refractivity contribution is 5.91. The first kappa shape index (κ1) is 20.1. The predicted molar refractivity (Wildman–Crippen MR) is 124 cm³/mol. The minimum Gasteiger partial charge on any atom is -0.318 e. The van der Waals surface area contributed by atoms with E-state index < -0.39 is 0 Å². The molecule has 0 aliphatic carbocycles. The van der Waals surface area contributed by atoms with E-state index in [-0.39, 0.29) is 17.9 Å². The van der Waals surface area contributed by atoms with Crippen LogP contribution in [0.4, 0.5) is 14.9 Å². The Bertz CT molecular complexity index is 1290. The maximum absolute atomic E-state index is 13.7. The summed E-state index contributed by atoms with van der Waals surface area (Å²) in [5.74, 6) is -0.299. The number of carbonyl (C=O) groups excluding carboxylic acids is 1. The fourth-order valence-electron chi connectivity index (χ4n) is 4.39. The molecular formula is C27H24FN3O. The van der Waals surface area contributed by atoms with Gasteiger partial charge in [-0.25, -0.2) is 9.18 Å². The van der Waals surface area contributed by atoms with Gasteiger partial charge < -0.3 is 14.8 Å². The number of urea groups is 1. The van der Waals surface area contributed by atoms with Crippen LogP contribution in [0.3, 0.4) is 0 Å². The summed E-state index contributed by atoms with van der Waals surface area (Å²) in [7, 11) is 0. The quantitative estimate of drug-likeness (QED) is 0.398. The van der Waals surface area contributed by atoms with Gasteiger partial charge in [-0.05, 0) is 72.5 Å². The molecule has 2 amide bonds. The molecule has 3 aromatic carbocycles. The average molecular weight is 426 g/mol. The van der Waals surface area contributed by atoms with Crippen molar-refractivity contribution in [3.8, 4) is 5.69 Å². The van der Waals surface area contributed by atoms with Crippen LogP contribution in [0.2, 0.25) is 0 Å². The number of para-hydroxylation sites is 1. The van der Waals surface area contributed by atoms with E-state index >= 15 is 0 Å². The number of aryl methyl sites for hydroxylation is 2. The Balaban J connectivity index is 1.63. The number of anilines is 1. The van der Waals surface area contributed by atoms with E-state index in [0.29, 0.717) is 6.54 Å². The zero-order chi connectivity index (χ0) is 22.2. The third-order valence-electron chi connectivity index (χ3n) is 6.05. The van der Waals surface area contributed by atoms with Gasteiger partial charge in [0.1, 0.15) is 5.82 Å². The average Bonchev–Trinajstić information content (AvgIpc) is 3.21. The van der Waals surface area contributed by atoms with Crippen LogP contribution in [0.15, 0.2) is 85.1 Å². The molecule has 0 bridgehead atoms. The lowest BCUT2D eigenvalue weighted by Gasteiger charge is -2.31. The summed E-state index contributed by atoms with van der Waals surface area (Å²) in [6, 6.07) is 23.9. The second-order valence-electron chi connectivity index (χ2n) is 8.26. The highest BCUT2D eigenvalue weighted by Crippen LogP contribution is 2.37. The Kier molecular flexibility index (Phi) is 5.02. The standard InChI is InChI=1S/C27H24FN3O/c1-18-9-10-19(2)23(16-18)29-27(32)31-17-21-6-3-4-7-24(21)30-15-5-8-25(30)26(31)20-11-13-22(28)14-12-20/h3-16,26H,17H2,1-2H3,(H,29,32)/t26-/m0/s1. The molecule has 1 aromatic heterocycles. The topological polar surface area (TPSA) is 37.3 Å². The summed E-state index contributed by atoms with van der Waals surface area (Å²) >= 11 is 0. The van der Waals surface area contributed by atoms with Gasteiger partial charge in [0.25, 0.3) is 0 Å². The van der Waals surface area contributed by atoms with Crippen LogP contribution in [0.5, 0.6) is 0 Å². The number of amides is 2. The molecule has 1 aliphatic rings. The number of nitrogens with one attached hydrogen (secondary N) is 1. The van der Waals surface area contributed by atoms with Crippen molar-refractivity contribution < 1.29 is 9.18 Å². The number of hydrogen-bond donors (Lipinski definition) is 1. The molecule has 0 saturated carbocycles. The SMILES string of the molecule is Cc1ccc(C)c(NC(=O)N2Cc3ccccc3-n3cccc3[C@@H]2c2ccc(F)cc2)c1. The number of nitrogens with zero attached hydrogens (tertiary/aromatic N) is 2. The van der Waals surface area contributed by atoms with Crippen LogP contribution in [0, 0.1) is 19.7 Å². The van der Waals surface area contributed by atoms with Crippen LogP contribution in [-0.2, 0) is 6.54 Å². The Hall–Kier alpha value is -3.86. The Labute approximate surface area is 186 Å². The summed E-state index contributed by atoms with van der Waals surface area (Å²) in [6.45, 7) is 4.41. The van der Waals surface area contributed by atoms with Crippen LogP contribution >= 0.6 is 0 Å². The molecule has 4 aromatic rings. The van der Waals surface area contributed by atoms with Crippen molar-refractivity contribution in [1.29, 1.82) is 0 Å². The van der Waals surface area contributed by atoms with Crippen molar-refractivity contribution in [3.63, 3.8) is 0 Å². The third-order valence-corrected chi connectivity index (χ3v) is 6.05. The molecule has 5 rings (SSSR count). The zero-order valence-electron chi connectivity index (χ0n) is 18.0. The normalized spacial score (nSPS) is 15.0. The van der Waals surface area contributed by atoms with Gasteiger partial charge in [0.05, 0.1) is 18.3 Å². The van der Waals surface area contributed by atoms with E-state index in [9.17, 15) is 9.18 Å². The fraction of sp³-hybridized carbons (Fsp3) is 0.148. The van der Waals surface area contributed by atoms with E-state index in [4.69, 9.17) is 0 Å². The Morgan fingerprint density at radius 3 is 2.56 bits per heavy atom. The first-order chi connectivity index (χ1) is 15.5. The van der Waals surface area contributed by atoms with Gasteiger partial charge in [0.15, 0.2) is 0 Å². The molecule has 32 heavy (non-hydrogen) atoms. The van der Waals surface area contributed by atoms with Gasteiger partial charge in [-0.2, -0.15) is 0 Å². The number of hydrogen-bond acceptors (Lipinski definition) is 1. The largest absolute Gasteiger partial charge is 0.322 e. The number of rotatable bonds is 2. The van der Waals surface area contributed by atoms with Crippen LogP contribution in [0.1, 0.15) is 34.0 Å². The predicted octanol–water partition coefficient (Wildman–Crippen LogP) is 6.37. The Morgan fingerprint density at radius 2 is 1.75 bits per heavy atom. The number of halogens is 1. The van der Waals surface area contributed by atoms with E-state index in [1.54, 1.807) is 12.1 Å². The molecule has 4 nitrogen and oxygen atoms in total. The summed E-state index contributed by atoms with van der Waals surface area (Å²) in [5, 5.41) is 3.12. The number of aromatic nitrogens is 1. The van der Waals surface area contributed by atoms with Gasteiger partial charge in [-0.1, -0.05) is 42.5 Å². The highest BCUT2D eigenvalue weighted by Gasteiger charge is 2.33. The zero-order valence-corrected chi connectivity index (χ0v) is 18.0. The molecule has 1 atom stereocenters. The molecule has 0 fully saturated rings. The van der Waals surface area contributed by atoms with Crippen LogP contribution < -0.4 is 5.32 Å². The van der Waals surface area contributed by atoms with Gasteiger partial charge in [0, 0.05) is 17.6 Å². The maximum Gasteiger partial charge on any atom is 0.322 e. The summed E-state index contributed by atoms with van der Waals surface area (Å²) < 4.78 is 15.8. The van der Waals surface area contributed by atoms with E-state index in [2.05, 4.69) is 16.0 Å². The van der Waals surface area contributed by atoms with Crippen molar-refractivity contribution in [3.05, 3.63) is 119 Å². The van der Waals surface area contributed by atoms with Gasteiger partial charge in [-0.3, -0.25) is 0 Å². The number of fused-ring (bicyclic) bond motifs is 3. The molecular weight excluding hydrogens is 401 g/mol. The van der Waals surface area contributed by atoms with E-state index in [0.717, 1.165) is 39.3 Å². The molecule has 0 unspecified atom stereocenters. The smallest absolute Gasteiger partial charge is 0.318 e. The lowest BCUT2D eigenvalue weighted by Crippen LogP contribution is -2.38. The van der Waals surface area contributed by atoms with Gasteiger partial charge >= 0.3 is 6.03 Å². The van der Waals surface area contributed by atoms with Gasteiger partial charge in [-0.15, -0.1) is 0 Å². The Morgan fingerprint density at radius 1 is 0.969 bits per heavy atom. The summed E-state index contributed by atoms with van der Waals surface area (Å²) in [6.07, 6.45) is 2.01. The minimum atomic E-state index is -0.372. The molecule has 0 saturated heterocycles. The number of benzene rings is 3. The molecule has 5 heteroatoms. The molecule has 0 radical (unpaired) electrons. The van der Waals surface area contributed by atoms with Gasteiger partial charge in [0.2, 0.25) is 0 Å². The van der Waals surface area contributed by atoms with Crippen molar-refractivity contribution in [1.82, 2.24) is 9.47 Å². The summed E-state index contributed by atoms with van der Waals surface area (Å²) in [5.41, 5.74) is 6.78. The van der Waals surface area contributed by atoms with Crippen molar-refractivity contribution in [2.75, 3.05) is 5.32 Å². The first-order valence-corrected chi connectivity index (χ1v) is 10.7. The molecule has 1 aliphatic heterocycles. The highest BCUT2D eigenvalue weighted by atomic mass is 19.1. The molecule has 160 valence electrons. The maximum atomic E-state index is 13.7. The molecule has 2 heterocycles. The monoisotopic (exact) mass is 425 g/mol. The summed E-state index contributed by atoms with van der Waals surface area (Å²) in [4.78, 5) is 15.5. The molecule has 0 spiro atoms. The molecule has 1 N–H and O–H groups in total. The third kappa shape index (κ3) is 3.56. The second kappa shape index (κ2) is 8.00. The second-order valence-corrected chi connectivity index (χ2v) is 8.26. The van der Waals surface area contributed by atoms with Crippen LogP contribution in [-0.4, -0.2) is 15.5 Å². The van der Waals surface area contributed by atoms with Crippen LogP contribution in [0.25, 0.3) is 5.69 Å². The van der Waals surface area contributed by atoms with Crippen molar-refractivity contribution in [2.45, 2.75) is 26.4 Å². The lowest BCUT2D eigenvalue weighted by molar-refractivity contribution is 0.194. The fourth-order valence-corrected chi connectivity index (χ4v) is 4.39. The van der Waals surface area contributed by atoms with Crippen molar-refractivity contribution >= 4 is 11.7 Å². The van der Waals surface area contributed by atoms with E-state index in [1.165, 1.54) is 12.1 Å². The minimum absolute atomic E-state index is 0.197. The van der Waals surface area contributed by atoms with E-state index in [1.807, 2.05) is 73.5 Å².